The minimum absolute atomic E-state index is 1.12. The lowest BCUT2D eigenvalue weighted by Crippen LogP contribution is -2.09. The first-order valence-electron chi connectivity index (χ1n) is 14.9. The molecular weight excluding hydrogens is 551 g/mol. The van der Waals surface area contributed by atoms with Crippen molar-refractivity contribution in [3.63, 3.8) is 0 Å². The van der Waals surface area contributed by atoms with Gasteiger partial charge in [-0.1, -0.05) is 121 Å². The van der Waals surface area contributed by atoms with E-state index in [1.165, 1.54) is 53.6 Å². The molecule has 0 saturated carbocycles. The molecular formula is C42H29NS. The average Bonchev–Trinajstić information content (AvgIpc) is 3.49. The van der Waals surface area contributed by atoms with E-state index < -0.39 is 0 Å². The van der Waals surface area contributed by atoms with Gasteiger partial charge in [-0.25, -0.2) is 0 Å². The van der Waals surface area contributed by atoms with Crippen LogP contribution in [0.4, 0.5) is 17.1 Å². The van der Waals surface area contributed by atoms with E-state index in [-0.39, 0.29) is 0 Å². The summed E-state index contributed by atoms with van der Waals surface area (Å²) in [5.41, 5.74) is 10.8. The van der Waals surface area contributed by atoms with Crippen LogP contribution in [0, 0.1) is 0 Å². The number of rotatable bonds is 6. The summed E-state index contributed by atoms with van der Waals surface area (Å²) in [6.45, 7) is 0. The number of hydrogen-bond donors (Lipinski definition) is 0. The zero-order valence-corrected chi connectivity index (χ0v) is 24.9. The van der Waals surface area contributed by atoms with Gasteiger partial charge in [0.15, 0.2) is 0 Å². The summed E-state index contributed by atoms with van der Waals surface area (Å²) < 4.78 is 2.66. The molecule has 1 nitrogen and oxygen atoms in total. The summed E-state index contributed by atoms with van der Waals surface area (Å²) in [7, 11) is 0. The largest absolute Gasteiger partial charge is 0.311 e. The van der Waals surface area contributed by atoms with Crippen LogP contribution >= 0.6 is 11.3 Å². The second kappa shape index (κ2) is 11.3. The van der Waals surface area contributed by atoms with Gasteiger partial charge in [-0.2, -0.15) is 0 Å². The van der Waals surface area contributed by atoms with Gasteiger partial charge in [-0.3, -0.25) is 0 Å². The molecule has 44 heavy (non-hydrogen) atoms. The second-order valence-electron chi connectivity index (χ2n) is 11.0. The quantitative estimate of drug-likeness (QED) is 0.189. The van der Waals surface area contributed by atoms with Crippen molar-refractivity contribution in [2.24, 2.45) is 0 Å². The topological polar surface area (TPSA) is 3.24 Å². The van der Waals surface area contributed by atoms with Crippen LogP contribution < -0.4 is 4.90 Å². The van der Waals surface area contributed by atoms with E-state index in [1.807, 2.05) is 11.3 Å². The zero-order valence-electron chi connectivity index (χ0n) is 24.1. The first-order valence-corrected chi connectivity index (χ1v) is 15.8. The zero-order chi connectivity index (χ0) is 29.3. The molecule has 0 amide bonds. The minimum Gasteiger partial charge on any atom is -0.311 e. The molecule has 0 atom stereocenters. The van der Waals surface area contributed by atoms with Gasteiger partial charge in [0.05, 0.1) is 0 Å². The molecule has 0 radical (unpaired) electrons. The van der Waals surface area contributed by atoms with Crippen LogP contribution in [-0.4, -0.2) is 0 Å². The van der Waals surface area contributed by atoms with Crippen molar-refractivity contribution in [2.45, 2.75) is 0 Å². The normalized spacial score (nSPS) is 11.2. The minimum atomic E-state index is 1.12. The Labute approximate surface area is 261 Å². The molecule has 0 unspecified atom stereocenters. The van der Waals surface area contributed by atoms with Crippen molar-refractivity contribution in [3.05, 3.63) is 176 Å². The van der Waals surface area contributed by atoms with E-state index >= 15 is 0 Å². The van der Waals surface area contributed by atoms with Gasteiger partial charge >= 0.3 is 0 Å². The Morgan fingerprint density at radius 3 is 1.45 bits per heavy atom. The fraction of sp³-hybridized carbons (Fsp3) is 0. The van der Waals surface area contributed by atoms with Gasteiger partial charge in [0, 0.05) is 42.8 Å². The van der Waals surface area contributed by atoms with Gasteiger partial charge in [-0.05, 0) is 82.4 Å². The Bertz CT molecular complexity index is 2180. The Morgan fingerprint density at radius 2 is 0.818 bits per heavy atom. The van der Waals surface area contributed by atoms with E-state index in [0.717, 1.165) is 17.1 Å². The number of para-hydroxylation sites is 1. The molecule has 0 aliphatic carbocycles. The fourth-order valence-electron chi connectivity index (χ4n) is 6.09. The van der Waals surface area contributed by atoms with E-state index in [4.69, 9.17) is 0 Å². The van der Waals surface area contributed by atoms with Gasteiger partial charge in [0.2, 0.25) is 0 Å². The molecule has 0 bridgehead atoms. The van der Waals surface area contributed by atoms with Gasteiger partial charge in [0.1, 0.15) is 0 Å². The Balaban J connectivity index is 1.22. The highest BCUT2D eigenvalue weighted by Crippen LogP contribution is 2.43. The first kappa shape index (κ1) is 26.2. The summed E-state index contributed by atoms with van der Waals surface area (Å²) >= 11 is 1.88. The van der Waals surface area contributed by atoms with Gasteiger partial charge in [-0.15, -0.1) is 11.3 Å². The first-order chi connectivity index (χ1) is 21.8. The summed E-state index contributed by atoms with van der Waals surface area (Å²) in [6.07, 6.45) is 0. The van der Waals surface area contributed by atoms with Crippen LogP contribution in [0.1, 0.15) is 0 Å². The predicted molar refractivity (Wildman–Crippen MR) is 190 cm³/mol. The molecule has 0 saturated heterocycles. The summed E-state index contributed by atoms with van der Waals surface area (Å²) in [5, 5.41) is 2.63. The van der Waals surface area contributed by atoms with Gasteiger partial charge < -0.3 is 4.90 Å². The fourth-order valence-corrected chi connectivity index (χ4v) is 7.31. The number of fused-ring (bicyclic) bond motifs is 3. The molecule has 0 aliphatic heterocycles. The van der Waals surface area contributed by atoms with Crippen LogP contribution in [0.5, 0.6) is 0 Å². The molecule has 7 aromatic carbocycles. The van der Waals surface area contributed by atoms with E-state index in [9.17, 15) is 0 Å². The lowest BCUT2D eigenvalue weighted by molar-refractivity contribution is 1.28. The van der Waals surface area contributed by atoms with Crippen molar-refractivity contribution in [3.8, 4) is 33.4 Å². The van der Waals surface area contributed by atoms with Crippen LogP contribution in [0.2, 0.25) is 0 Å². The maximum Gasteiger partial charge on any atom is 0.0462 e. The Morgan fingerprint density at radius 1 is 0.341 bits per heavy atom. The third-order valence-corrected chi connectivity index (χ3v) is 9.49. The molecule has 2 heteroatoms. The Hall–Kier alpha value is -5.44. The van der Waals surface area contributed by atoms with Crippen LogP contribution in [-0.2, 0) is 0 Å². The van der Waals surface area contributed by atoms with Crippen LogP contribution in [0.3, 0.4) is 0 Å². The molecule has 8 rings (SSSR count). The number of benzene rings is 7. The third-order valence-electron chi connectivity index (χ3n) is 8.27. The van der Waals surface area contributed by atoms with E-state index in [0.29, 0.717) is 0 Å². The molecule has 8 aromatic rings. The van der Waals surface area contributed by atoms with E-state index in [2.05, 4.69) is 181 Å². The number of anilines is 3. The van der Waals surface area contributed by atoms with Crippen molar-refractivity contribution in [1.29, 1.82) is 0 Å². The molecule has 0 aliphatic rings. The molecule has 1 heterocycles. The average molecular weight is 580 g/mol. The number of nitrogens with zero attached hydrogens (tertiary/aromatic N) is 1. The molecule has 0 fully saturated rings. The highest BCUT2D eigenvalue weighted by Gasteiger charge is 2.15. The van der Waals surface area contributed by atoms with Gasteiger partial charge in [0.25, 0.3) is 0 Å². The number of hydrogen-bond acceptors (Lipinski definition) is 2. The molecule has 1 aromatic heterocycles. The highest BCUT2D eigenvalue weighted by atomic mass is 32.1. The van der Waals surface area contributed by atoms with Crippen molar-refractivity contribution in [1.82, 2.24) is 0 Å². The molecule has 208 valence electrons. The van der Waals surface area contributed by atoms with Crippen LogP contribution in [0.25, 0.3) is 53.6 Å². The predicted octanol–water partition coefficient (Wildman–Crippen LogP) is 12.5. The summed E-state index contributed by atoms with van der Waals surface area (Å²) in [4.78, 5) is 2.32. The van der Waals surface area contributed by atoms with E-state index in [1.54, 1.807) is 0 Å². The Kier molecular flexibility index (Phi) is 6.75. The molecule has 0 spiro atoms. The smallest absolute Gasteiger partial charge is 0.0462 e. The lowest BCUT2D eigenvalue weighted by Gasteiger charge is -2.26. The third kappa shape index (κ3) is 4.86. The molecule has 0 N–H and O–H groups in total. The highest BCUT2D eigenvalue weighted by molar-refractivity contribution is 7.26. The van der Waals surface area contributed by atoms with Crippen LogP contribution in [0.15, 0.2) is 176 Å². The van der Waals surface area contributed by atoms with Crippen molar-refractivity contribution < 1.29 is 0 Å². The maximum absolute atomic E-state index is 2.37. The standard InChI is InChI=1S/C42H29NS/c1-4-12-30(13-5-1)31-20-24-36(25-21-31)43(35-16-8-3-9-17-35)37-26-22-32(23-27-37)34-28-39(33-14-6-2-7-15-33)42-40(29-34)38-18-10-11-19-41(38)44-42/h1-29H. The SMILES string of the molecule is c1ccc(-c2ccc(N(c3ccccc3)c3ccc(-c4cc(-c5ccccc5)c5sc6ccccc6c5c4)cc3)cc2)cc1. The lowest BCUT2D eigenvalue weighted by atomic mass is 9.96. The van der Waals surface area contributed by atoms with Crippen molar-refractivity contribution >= 4 is 48.6 Å². The summed E-state index contributed by atoms with van der Waals surface area (Å²) in [5.74, 6) is 0. The van der Waals surface area contributed by atoms with Crippen molar-refractivity contribution in [2.75, 3.05) is 4.90 Å². The monoisotopic (exact) mass is 579 g/mol. The second-order valence-corrected chi connectivity index (χ2v) is 12.0. The number of thiophene rings is 1. The maximum atomic E-state index is 2.37. The summed E-state index contributed by atoms with van der Waals surface area (Å²) in [6, 6.07) is 63.2.